The monoisotopic (exact) mass is 408 g/mol. The van der Waals surface area contributed by atoms with E-state index >= 15 is 0 Å². The van der Waals surface area contributed by atoms with Gasteiger partial charge in [0.1, 0.15) is 5.82 Å². The molecule has 6 nitrogen and oxygen atoms in total. The Kier molecular flexibility index (Phi) is 6.50. The molecule has 0 saturated carbocycles. The van der Waals surface area contributed by atoms with Crippen LogP contribution < -0.4 is 0 Å². The van der Waals surface area contributed by atoms with E-state index in [0.717, 1.165) is 44.1 Å². The summed E-state index contributed by atoms with van der Waals surface area (Å²) in [4.78, 5) is 5.00. The summed E-state index contributed by atoms with van der Waals surface area (Å²) in [5.41, 5.74) is 2.34. The molecule has 3 aromatic rings. The van der Waals surface area contributed by atoms with Gasteiger partial charge in [0, 0.05) is 32.7 Å². The molecule has 2 heterocycles. The summed E-state index contributed by atoms with van der Waals surface area (Å²) in [6.45, 7) is 9.99. The smallest absolute Gasteiger partial charge is 0.169 e. The molecular formula is C23H29FN6. The van der Waals surface area contributed by atoms with Gasteiger partial charge in [-0.1, -0.05) is 56.3 Å². The Balaban J connectivity index is 1.44. The van der Waals surface area contributed by atoms with E-state index in [1.165, 1.54) is 17.7 Å². The van der Waals surface area contributed by atoms with Gasteiger partial charge in [0.05, 0.1) is 12.6 Å². The van der Waals surface area contributed by atoms with Crippen molar-refractivity contribution in [3.63, 3.8) is 0 Å². The molecule has 0 radical (unpaired) electrons. The van der Waals surface area contributed by atoms with Crippen LogP contribution in [-0.4, -0.2) is 56.2 Å². The van der Waals surface area contributed by atoms with Crippen LogP contribution in [0.1, 0.15) is 36.8 Å². The molecule has 4 rings (SSSR count). The second-order valence-corrected chi connectivity index (χ2v) is 8.31. The topological polar surface area (TPSA) is 50.1 Å². The van der Waals surface area contributed by atoms with Crippen molar-refractivity contribution < 1.29 is 4.39 Å². The van der Waals surface area contributed by atoms with Crippen molar-refractivity contribution in [2.45, 2.75) is 33.0 Å². The van der Waals surface area contributed by atoms with Gasteiger partial charge in [0.15, 0.2) is 5.82 Å². The molecule has 7 heteroatoms. The maximum Gasteiger partial charge on any atom is 0.169 e. The van der Waals surface area contributed by atoms with Gasteiger partial charge < -0.3 is 0 Å². The molecule has 0 bridgehead atoms. The summed E-state index contributed by atoms with van der Waals surface area (Å²) >= 11 is 0. The first-order valence-electron chi connectivity index (χ1n) is 10.6. The molecule has 2 aromatic carbocycles. The number of aromatic nitrogens is 4. The molecule has 0 aliphatic carbocycles. The lowest BCUT2D eigenvalue weighted by Gasteiger charge is -2.40. The van der Waals surface area contributed by atoms with Crippen molar-refractivity contribution in [1.29, 1.82) is 0 Å². The highest BCUT2D eigenvalue weighted by atomic mass is 19.1. The van der Waals surface area contributed by atoms with E-state index in [-0.39, 0.29) is 11.9 Å². The average Bonchev–Trinajstić information content (AvgIpc) is 3.19. The molecule has 1 fully saturated rings. The molecule has 0 amide bonds. The number of rotatable bonds is 7. The van der Waals surface area contributed by atoms with Gasteiger partial charge in [0.25, 0.3) is 0 Å². The van der Waals surface area contributed by atoms with Gasteiger partial charge in [-0.25, -0.2) is 9.07 Å². The fraction of sp³-hybridized carbons (Fsp3) is 0.435. The van der Waals surface area contributed by atoms with E-state index < -0.39 is 0 Å². The van der Waals surface area contributed by atoms with E-state index in [1.54, 1.807) is 12.1 Å². The number of hydrogen-bond acceptors (Lipinski definition) is 5. The minimum atomic E-state index is -0.232. The van der Waals surface area contributed by atoms with Crippen LogP contribution in [0.2, 0.25) is 0 Å². The average molecular weight is 409 g/mol. The number of tetrazole rings is 1. The first-order chi connectivity index (χ1) is 14.6. The minimum absolute atomic E-state index is 0.152. The number of hydrogen-bond donors (Lipinski definition) is 0. The van der Waals surface area contributed by atoms with Crippen LogP contribution in [-0.2, 0) is 13.1 Å². The van der Waals surface area contributed by atoms with Crippen LogP contribution in [0.4, 0.5) is 4.39 Å². The molecule has 1 aromatic heterocycles. The highest BCUT2D eigenvalue weighted by Crippen LogP contribution is 2.28. The lowest BCUT2D eigenvalue weighted by atomic mass is 10.0. The zero-order valence-corrected chi connectivity index (χ0v) is 17.7. The predicted octanol–water partition coefficient (Wildman–Crippen LogP) is 3.38. The highest BCUT2D eigenvalue weighted by molar-refractivity contribution is 5.17. The van der Waals surface area contributed by atoms with Crippen LogP contribution in [0.5, 0.6) is 0 Å². The third-order valence-corrected chi connectivity index (χ3v) is 5.75. The molecule has 1 atom stereocenters. The summed E-state index contributed by atoms with van der Waals surface area (Å²) in [5.74, 6) is 1.03. The fourth-order valence-electron chi connectivity index (χ4n) is 4.22. The zero-order chi connectivity index (χ0) is 20.9. The molecular weight excluding hydrogens is 379 g/mol. The summed E-state index contributed by atoms with van der Waals surface area (Å²) in [6.07, 6.45) is 0. The SMILES string of the molecule is CC(C)C(c1nnnn1Cc1ccc(F)cc1)N1CCN(Cc2ccccc2)CC1. The van der Waals surface area contributed by atoms with E-state index in [1.807, 2.05) is 4.68 Å². The molecule has 0 N–H and O–H groups in total. The van der Waals surface area contributed by atoms with Crippen LogP contribution in [0.15, 0.2) is 54.6 Å². The van der Waals surface area contributed by atoms with Crippen LogP contribution in [0, 0.1) is 11.7 Å². The van der Waals surface area contributed by atoms with Crippen molar-refractivity contribution >= 4 is 0 Å². The maximum absolute atomic E-state index is 13.2. The molecule has 0 spiro atoms. The Hall–Kier alpha value is -2.64. The van der Waals surface area contributed by atoms with Crippen LogP contribution in [0.25, 0.3) is 0 Å². The first-order valence-corrected chi connectivity index (χ1v) is 10.6. The highest BCUT2D eigenvalue weighted by Gasteiger charge is 2.31. The third kappa shape index (κ3) is 4.91. The lowest BCUT2D eigenvalue weighted by Crippen LogP contribution is -2.48. The zero-order valence-electron chi connectivity index (χ0n) is 17.7. The number of benzene rings is 2. The fourth-order valence-corrected chi connectivity index (χ4v) is 4.22. The second-order valence-electron chi connectivity index (χ2n) is 8.31. The van der Waals surface area contributed by atoms with Crippen molar-refractivity contribution in [3.8, 4) is 0 Å². The van der Waals surface area contributed by atoms with Crippen molar-refractivity contribution in [1.82, 2.24) is 30.0 Å². The Morgan fingerprint density at radius 1 is 0.867 bits per heavy atom. The minimum Gasteiger partial charge on any atom is -0.297 e. The Morgan fingerprint density at radius 3 is 2.20 bits per heavy atom. The van der Waals surface area contributed by atoms with Gasteiger partial charge in [-0.15, -0.1) is 5.10 Å². The first kappa shape index (κ1) is 20.6. The Labute approximate surface area is 177 Å². The van der Waals surface area contributed by atoms with Gasteiger partial charge in [-0.3, -0.25) is 9.80 Å². The van der Waals surface area contributed by atoms with E-state index in [0.29, 0.717) is 12.5 Å². The third-order valence-electron chi connectivity index (χ3n) is 5.75. The molecule has 1 unspecified atom stereocenters. The van der Waals surface area contributed by atoms with Crippen molar-refractivity contribution in [2.75, 3.05) is 26.2 Å². The summed E-state index contributed by atoms with van der Waals surface area (Å²) in [5, 5.41) is 12.6. The summed E-state index contributed by atoms with van der Waals surface area (Å²) in [7, 11) is 0. The molecule has 1 aliphatic heterocycles. The molecule has 1 aliphatic rings. The van der Waals surface area contributed by atoms with Gasteiger partial charge >= 0.3 is 0 Å². The van der Waals surface area contributed by atoms with Gasteiger partial charge in [-0.2, -0.15) is 0 Å². The standard InChI is InChI=1S/C23H29FN6/c1-18(2)22(23-25-26-27-30(23)17-20-8-10-21(24)11-9-20)29-14-12-28(13-15-29)16-19-6-4-3-5-7-19/h3-11,18,22H,12-17H2,1-2H3. The summed E-state index contributed by atoms with van der Waals surface area (Å²) in [6, 6.07) is 17.3. The quantitative estimate of drug-likeness (QED) is 0.600. The second kappa shape index (κ2) is 9.45. The van der Waals surface area contributed by atoms with E-state index in [4.69, 9.17) is 0 Å². The maximum atomic E-state index is 13.2. The largest absolute Gasteiger partial charge is 0.297 e. The van der Waals surface area contributed by atoms with Gasteiger partial charge in [0.2, 0.25) is 0 Å². The Bertz CT molecular complexity index is 916. The van der Waals surface area contributed by atoms with Crippen molar-refractivity contribution in [2.24, 2.45) is 5.92 Å². The van der Waals surface area contributed by atoms with E-state index in [9.17, 15) is 4.39 Å². The number of piperazine rings is 1. The normalized spacial score (nSPS) is 16.8. The number of halogens is 1. The van der Waals surface area contributed by atoms with Crippen molar-refractivity contribution in [3.05, 3.63) is 77.4 Å². The predicted molar refractivity (Wildman–Crippen MR) is 114 cm³/mol. The summed E-state index contributed by atoms with van der Waals surface area (Å²) < 4.78 is 15.1. The number of nitrogens with zero attached hydrogens (tertiary/aromatic N) is 6. The molecule has 1 saturated heterocycles. The van der Waals surface area contributed by atoms with Crippen LogP contribution >= 0.6 is 0 Å². The Morgan fingerprint density at radius 2 is 1.53 bits per heavy atom. The molecule has 30 heavy (non-hydrogen) atoms. The van der Waals surface area contributed by atoms with Crippen LogP contribution in [0.3, 0.4) is 0 Å². The van der Waals surface area contributed by atoms with E-state index in [2.05, 4.69) is 69.5 Å². The molecule has 158 valence electrons. The lowest BCUT2D eigenvalue weighted by molar-refractivity contribution is 0.0664. The van der Waals surface area contributed by atoms with Gasteiger partial charge in [-0.05, 0) is 39.6 Å².